The lowest BCUT2D eigenvalue weighted by atomic mass is 10.1. The number of hydrogen-bond acceptors (Lipinski definition) is 3. The summed E-state index contributed by atoms with van der Waals surface area (Å²) in [4.78, 5) is 19.2. The molecule has 0 spiro atoms. The number of rotatable bonds is 1. The number of aromatic nitrogens is 2. The van der Waals surface area contributed by atoms with Crippen LogP contribution in [0.1, 0.15) is 31.2 Å². The molecule has 1 fully saturated rings. The van der Waals surface area contributed by atoms with Gasteiger partial charge in [0.15, 0.2) is 0 Å². The minimum Gasteiger partial charge on any atom is -0.370 e. The lowest BCUT2D eigenvalue weighted by Gasteiger charge is -2.21. The number of aromatic amines is 1. The van der Waals surface area contributed by atoms with Crippen LogP contribution in [-0.2, 0) is 4.74 Å². The van der Waals surface area contributed by atoms with E-state index in [0.29, 0.717) is 11.2 Å². The molecule has 1 saturated heterocycles. The molecule has 1 aromatic heterocycles. The summed E-state index contributed by atoms with van der Waals surface area (Å²) in [6.07, 6.45) is 3.10. The Hall–Kier alpha value is -1.68. The SMILES string of the molecule is O=c1[nH]c(C2CCCCO2)nc2ccccc12. The molecule has 2 heterocycles. The molecule has 0 amide bonds. The molecule has 4 heteroatoms. The third kappa shape index (κ3) is 1.96. The van der Waals surface area contributed by atoms with Crippen LogP contribution in [-0.4, -0.2) is 16.6 Å². The van der Waals surface area contributed by atoms with E-state index in [9.17, 15) is 4.79 Å². The number of fused-ring (bicyclic) bond motifs is 1. The van der Waals surface area contributed by atoms with Gasteiger partial charge < -0.3 is 9.72 Å². The maximum absolute atomic E-state index is 11.9. The molecule has 4 nitrogen and oxygen atoms in total. The highest BCUT2D eigenvalue weighted by atomic mass is 16.5. The lowest BCUT2D eigenvalue weighted by molar-refractivity contribution is 0.00953. The van der Waals surface area contributed by atoms with Crippen LogP contribution in [0, 0.1) is 0 Å². The second kappa shape index (κ2) is 4.30. The molecule has 88 valence electrons. The monoisotopic (exact) mass is 230 g/mol. The van der Waals surface area contributed by atoms with Gasteiger partial charge in [-0.2, -0.15) is 0 Å². The topological polar surface area (TPSA) is 55.0 Å². The van der Waals surface area contributed by atoms with Crippen LogP contribution in [0.15, 0.2) is 29.1 Å². The van der Waals surface area contributed by atoms with Gasteiger partial charge in [-0.05, 0) is 31.4 Å². The maximum Gasteiger partial charge on any atom is 0.258 e. The maximum atomic E-state index is 11.9. The Morgan fingerprint density at radius 3 is 3.00 bits per heavy atom. The summed E-state index contributed by atoms with van der Waals surface area (Å²) in [7, 11) is 0. The van der Waals surface area contributed by atoms with Crippen LogP contribution in [0.3, 0.4) is 0 Å². The summed E-state index contributed by atoms with van der Waals surface area (Å²) < 4.78 is 5.64. The Morgan fingerprint density at radius 2 is 2.18 bits per heavy atom. The van der Waals surface area contributed by atoms with Crippen LogP contribution in [0.4, 0.5) is 0 Å². The van der Waals surface area contributed by atoms with Crippen LogP contribution >= 0.6 is 0 Å². The number of ether oxygens (including phenoxy) is 1. The van der Waals surface area contributed by atoms with Gasteiger partial charge in [-0.1, -0.05) is 12.1 Å². The van der Waals surface area contributed by atoms with Crippen molar-refractivity contribution in [1.82, 2.24) is 9.97 Å². The Balaban J connectivity index is 2.08. The van der Waals surface area contributed by atoms with Gasteiger partial charge in [0, 0.05) is 6.61 Å². The third-order valence-corrected chi connectivity index (χ3v) is 3.12. The van der Waals surface area contributed by atoms with E-state index in [0.717, 1.165) is 31.4 Å². The number of nitrogens with one attached hydrogen (secondary N) is 1. The quantitative estimate of drug-likeness (QED) is 0.816. The van der Waals surface area contributed by atoms with Crippen molar-refractivity contribution in [2.24, 2.45) is 0 Å². The van der Waals surface area contributed by atoms with E-state index in [1.54, 1.807) is 6.07 Å². The van der Waals surface area contributed by atoms with E-state index in [1.165, 1.54) is 0 Å². The Labute approximate surface area is 98.6 Å². The predicted molar refractivity (Wildman–Crippen MR) is 64.9 cm³/mol. The molecule has 2 aromatic rings. The number of benzene rings is 1. The fourth-order valence-electron chi connectivity index (χ4n) is 2.21. The highest BCUT2D eigenvalue weighted by molar-refractivity contribution is 5.77. The molecular weight excluding hydrogens is 216 g/mol. The summed E-state index contributed by atoms with van der Waals surface area (Å²) in [6, 6.07) is 7.37. The summed E-state index contributed by atoms with van der Waals surface area (Å²) in [5, 5.41) is 0.632. The van der Waals surface area contributed by atoms with Gasteiger partial charge >= 0.3 is 0 Å². The predicted octanol–water partition coefficient (Wildman–Crippen LogP) is 2.16. The van der Waals surface area contributed by atoms with Crippen molar-refractivity contribution in [3.63, 3.8) is 0 Å². The van der Waals surface area contributed by atoms with Crippen molar-refractivity contribution in [2.75, 3.05) is 6.61 Å². The minimum atomic E-state index is -0.0835. The van der Waals surface area contributed by atoms with Crippen LogP contribution in [0.5, 0.6) is 0 Å². The highest BCUT2D eigenvalue weighted by Gasteiger charge is 2.19. The van der Waals surface area contributed by atoms with Crippen molar-refractivity contribution >= 4 is 10.9 Å². The zero-order valence-electron chi connectivity index (χ0n) is 9.48. The van der Waals surface area contributed by atoms with E-state index >= 15 is 0 Å². The van der Waals surface area contributed by atoms with Gasteiger partial charge in [0.25, 0.3) is 5.56 Å². The minimum absolute atomic E-state index is 0.0546. The summed E-state index contributed by atoms with van der Waals surface area (Å²) in [5.74, 6) is 0.661. The molecule has 3 rings (SSSR count). The summed E-state index contributed by atoms with van der Waals surface area (Å²) in [5.41, 5.74) is 0.653. The first-order valence-corrected chi connectivity index (χ1v) is 5.95. The van der Waals surface area contributed by atoms with Crippen molar-refractivity contribution < 1.29 is 4.74 Å². The van der Waals surface area contributed by atoms with E-state index in [-0.39, 0.29) is 11.7 Å². The third-order valence-electron chi connectivity index (χ3n) is 3.12. The molecule has 0 bridgehead atoms. The first-order chi connectivity index (χ1) is 8.34. The first-order valence-electron chi connectivity index (χ1n) is 5.95. The Kier molecular flexibility index (Phi) is 2.65. The van der Waals surface area contributed by atoms with E-state index < -0.39 is 0 Å². The van der Waals surface area contributed by atoms with Gasteiger partial charge in [0.1, 0.15) is 11.9 Å². The molecule has 1 aliphatic heterocycles. The van der Waals surface area contributed by atoms with E-state index in [1.807, 2.05) is 18.2 Å². The number of hydrogen-bond donors (Lipinski definition) is 1. The second-order valence-corrected chi connectivity index (χ2v) is 4.32. The molecule has 0 radical (unpaired) electrons. The zero-order chi connectivity index (χ0) is 11.7. The zero-order valence-corrected chi connectivity index (χ0v) is 9.48. The fourth-order valence-corrected chi connectivity index (χ4v) is 2.21. The van der Waals surface area contributed by atoms with Gasteiger partial charge in [0.05, 0.1) is 10.9 Å². The Morgan fingerprint density at radius 1 is 1.29 bits per heavy atom. The van der Waals surface area contributed by atoms with Gasteiger partial charge in [-0.25, -0.2) is 4.98 Å². The van der Waals surface area contributed by atoms with Crippen molar-refractivity contribution in [3.8, 4) is 0 Å². The molecule has 17 heavy (non-hydrogen) atoms. The number of nitrogens with zero attached hydrogens (tertiary/aromatic N) is 1. The molecule has 0 saturated carbocycles. The smallest absolute Gasteiger partial charge is 0.258 e. The second-order valence-electron chi connectivity index (χ2n) is 4.32. The van der Waals surface area contributed by atoms with Crippen LogP contribution in [0.2, 0.25) is 0 Å². The first kappa shape index (κ1) is 10.5. The van der Waals surface area contributed by atoms with Crippen molar-refractivity contribution in [1.29, 1.82) is 0 Å². The van der Waals surface area contributed by atoms with Gasteiger partial charge in [-0.3, -0.25) is 4.79 Å². The Bertz CT molecular complexity index is 585. The molecular formula is C13H14N2O2. The fraction of sp³-hybridized carbons (Fsp3) is 0.385. The average molecular weight is 230 g/mol. The number of para-hydroxylation sites is 1. The van der Waals surface area contributed by atoms with Crippen LogP contribution < -0.4 is 5.56 Å². The number of H-pyrrole nitrogens is 1. The van der Waals surface area contributed by atoms with Crippen molar-refractivity contribution in [3.05, 3.63) is 40.4 Å². The largest absolute Gasteiger partial charge is 0.370 e. The highest BCUT2D eigenvalue weighted by Crippen LogP contribution is 2.25. The summed E-state index contributed by atoms with van der Waals surface area (Å²) in [6.45, 7) is 0.751. The lowest BCUT2D eigenvalue weighted by Crippen LogP contribution is -2.19. The van der Waals surface area contributed by atoms with E-state index in [4.69, 9.17) is 4.74 Å². The van der Waals surface area contributed by atoms with Crippen LogP contribution in [0.25, 0.3) is 10.9 Å². The van der Waals surface area contributed by atoms with Gasteiger partial charge in [0.2, 0.25) is 0 Å². The summed E-state index contributed by atoms with van der Waals surface area (Å²) >= 11 is 0. The van der Waals surface area contributed by atoms with E-state index in [2.05, 4.69) is 9.97 Å². The molecule has 1 aromatic carbocycles. The van der Waals surface area contributed by atoms with Crippen molar-refractivity contribution in [2.45, 2.75) is 25.4 Å². The average Bonchev–Trinajstić information content (AvgIpc) is 2.40. The molecule has 1 aliphatic rings. The molecule has 1 N–H and O–H groups in total. The molecule has 1 atom stereocenters. The molecule has 0 aliphatic carbocycles. The van der Waals surface area contributed by atoms with Gasteiger partial charge in [-0.15, -0.1) is 0 Å². The standard InChI is InChI=1S/C13H14N2O2/c16-13-9-5-1-2-6-10(9)14-12(15-13)11-7-3-4-8-17-11/h1-2,5-6,11H,3-4,7-8H2,(H,14,15,16). The molecule has 1 unspecified atom stereocenters. The normalized spacial score (nSPS) is 20.6.